The predicted molar refractivity (Wildman–Crippen MR) is 79.6 cm³/mol. The number of alkyl halides is 2. The van der Waals surface area contributed by atoms with E-state index >= 15 is 0 Å². The number of benzene rings is 1. The molecule has 0 spiro atoms. The van der Waals surface area contributed by atoms with Crippen LogP contribution >= 0.6 is 11.8 Å². The Kier molecular flexibility index (Phi) is 6.10. The summed E-state index contributed by atoms with van der Waals surface area (Å²) in [7, 11) is 0. The molecule has 20 heavy (non-hydrogen) atoms. The smallest absolute Gasteiger partial charge is 0.288 e. The zero-order valence-electron chi connectivity index (χ0n) is 11.6. The fourth-order valence-corrected chi connectivity index (χ4v) is 3.00. The van der Waals surface area contributed by atoms with Crippen LogP contribution in [0.1, 0.15) is 32.6 Å². The first kappa shape index (κ1) is 15.6. The SMILES string of the molecule is CCCC1CC(Nc2ccc(SC(F)F)cc2)CCO1. The highest BCUT2D eigenvalue weighted by atomic mass is 32.2. The molecule has 2 unspecified atom stereocenters. The van der Waals surface area contributed by atoms with Crippen molar-refractivity contribution >= 4 is 17.4 Å². The zero-order valence-corrected chi connectivity index (χ0v) is 12.5. The van der Waals surface area contributed by atoms with Crippen LogP contribution in [0.4, 0.5) is 14.5 Å². The molecule has 1 aromatic carbocycles. The highest BCUT2D eigenvalue weighted by Gasteiger charge is 2.21. The fourth-order valence-electron chi connectivity index (χ4n) is 2.50. The Labute approximate surface area is 123 Å². The minimum absolute atomic E-state index is 0.347. The summed E-state index contributed by atoms with van der Waals surface area (Å²) >= 11 is 0.579. The Morgan fingerprint density at radius 1 is 1.35 bits per heavy atom. The van der Waals surface area contributed by atoms with Crippen LogP contribution in [0, 0.1) is 0 Å². The lowest BCUT2D eigenvalue weighted by atomic mass is 10.00. The van der Waals surface area contributed by atoms with E-state index in [-0.39, 0.29) is 0 Å². The third-order valence-corrected chi connectivity index (χ3v) is 4.15. The van der Waals surface area contributed by atoms with E-state index in [0.717, 1.165) is 38.0 Å². The van der Waals surface area contributed by atoms with E-state index < -0.39 is 5.76 Å². The molecule has 1 heterocycles. The van der Waals surface area contributed by atoms with Gasteiger partial charge in [-0.25, -0.2) is 0 Å². The molecule has 0 aromatic heterocycles. The largest absolute Gasteiger partial charge is 0.382 e. The minimum Gasteiger partial charge on any atom is -0.382 e. The Balaban J connectivity index is 1.86. The Hall–Kier alpha value is -0.810. The van der Waals surface area contributed by atoms with E-state index in [1.807, 2.05) is 12.1 Å². The molecule has 1 fully saturated rings. The van der Waals surface area contributed by atoms with Crippen molar-refractivity contribution in [1.82, 2.24) is 0 Å². The van der Waals surface area contributed by atoms with Crippen molar-refractivity contribution in [1.29, 1.82) is 0 Å². The molecule has 2 nitrogen and oxygen atoms in total. The molecule has 2 atom stereocenters. The second-order valence-electron chi connectivity index (χ2n) is 5.05. The summed E-state index contributed by atoms with van der Waals surface area (Å²) in [4.78, 5) is 0.599. The first-order valence-corrected chi connectivity index (χ1v) is 7.98. The highest BCUT2D eigenvalue weighted by molar-refractivity contribution is 7.99. The number of nitrogens with one attached hydrogen (secondary N) is 1. The number of thioether (sulfide) groups is 1. The maximum Gasteiger partial charge on any atom is 0.288 e. The average Bonchev–Trinajstić information content (AvgIpc) is 2.41. The summed E-state index contributed by atoms with van der Waals surface area (Å²) in [5, 5.41) is 3.47. The minimum atomic E-state index is -2.36. The van der Waals surface area contributed by atoms with Crippen LogP contribution in [0.2, 0.25) is 0 Å². The maximum atomic E-state index is 12.2. The van der Waals surface area contributed by atoms with Gasteiger partial charge in [0.1, 0.15) is 0 Å². The molecule has 0 amide bonds. The van der Waals surface area contributed by atoms with E-state index in [4.69, 9.17) is 4.74 Å². The Morgan fingerprint density at radius 2 is 2.10 bits per heavy atom. The Bertz CT molecular complexity index is 397. The summed E-state index contributed by atoms with van der Waals surface area (Å²) in [6.45, 7) is 2.96. The summed E-state index contributed by atoms with van der Waals surface area (Å²) in [5.41, 5.74) is 0.991. The van der Waals surface area contributed by atoms with Crippen LogP contribution in [0.25, 0.3) is 0 Å². The highest BCUT2D eigenvalue weighted by Crippen LogP contribution is 2.27. The number of ether oxygens (including phenoxy) is 1. The van der Waals surface area contributed by atoms with Crippen molar-refractivity contribution in [2.45, 2.75) is 55.4 Å². The molecule has 1 aliphatic heterocycles. The normalized spacial score (nSPS) is 23.0. The van der Waals surface area contributed by atoms with Gasteiger partial charge in [-0.2, -0.15) is 8.78 Å². The van der Waals surface area contributed by atoms with Gasteiger partial charge in [0.25, 0.3) is 5.76 Å². The first-order chi connectivity index (χ1) is 9.67. The monoisotopic (exact) mass is 301 g/mol. The van der Waals surface area contributed by atoms with Gasteiger partial charge in [-0.3, -0.25) is 0 Å². The molecule has 0 radical (unpaired) electrons. The molecule has 0 bridgehead atoms. The molecule has 2 rings (SSSR count). The standard InChI is InChI=1S/C15H21F2NOS/c1-2-3-13-10-12(8-9-19-13)18-11-4-6-14(7-5-11)20-15(16)17/h4-7,12-13,15,18H,2-3,8-10H2,1H3. The molecule has 0 aliphatic carbocycles. The molecule has 1 saturated heterocycles. The van der Waals surface area contributed by atoms with Gasteiger partial charge in [-0.05, 0) is 43.5 Å². The summed E-state index contributed by atoms with van der Waals surface area (Å²) in [6.07, 6.45) is 4.59. The molecule has 1 N–H and O–H groups in total. The number of hydrogen-bond acceptors (Lipinski definition) is 3. The van der Waals surface area contributed by atoms with Crippen molar-refractivity contribution in [3.05, 3.63) is 24.3 Å². The van der Waals surface area contributed by atoms with Crippen LogP contribution in [0.15, 0.2) is 29.2 Å². The third-order valence-electron chi connectivity index (χ3n) is 3.43. The fraction of sp³-hybridized carbons (Fsp3) is 0.600. The molecule has 112 valence electrons. The van der Waals surface area contributed by atoms with Gasteiger partial charge in [0.2, 0.25) is 0 Å². The second-order valence-corrected chi connectivity index (χ2v) is 6.11. The quantitative estimate of drug-likeness (QED) is 0.765. The van der Waals surface area contributed by atoms with Crippen LogP contribution in [-0.2, 0) is 4.74 Å². The molecule has 5 heteroatoms. The van der Waals surface area contributed by atoms with Crippen LogP contribution in [0.3, 0.4) is 0 Å². The first-order valence-electron chi connectivity index (χ1n) is 7.10. The molecular weight excluding hydrogens is 280 g/mol. The van der Waals surface area contributed by atoms with Gasteiger partial charge >= 0.3 is 0 Å². The second kappa shape index (κ2) is 7.84. The zero-order chi connectivity index (χ0) is 14.4. The van der Waals surface area contributed by atoms with Gasteiger partial charge in [-0.1, -0.05) is 25.1 Å². The number of anilines is 1. The van der Waals surface area contributed by atoms with Gasteiger partial charge in [0, 0.05) is 23.2 Å². The molecule has 1 aliphatic rings. The van der Waals surface area contributed by atoms with Gasteiger partial charge in [-0.15, -0.1) is 0 Å². The van der Waals surface area contributed by atoms with E-state index in [9.17, 15) is 8.78 Å². The average molecular weight is 301 g/mol. The van der Waals surface area contributed by atoms with Crippen molar-refractivity contribution in [2.75, 3.05) is 11.9 Å². The maximum absolute atomic E-state index is 12.2. The van der Waals surface area contributed by atoms with Gasteiger partial charge < -0.3 is 10.1 Å². The number of halogens is 2. The molecular formula is C15H21F2NOS. The van der Waals surface area contributed by atoms with E-state index in [0.29, 0.717) is 28.8 Å². The lowest BCUT2D eigenvalue weighted by Gasteiger charge is -2.30. The van der Waals surface area contributed by atoms with Crippen molar-refractivity contribution < 1.29 is 13.5 Å². The number of rotatable bonds is 6. The van der Waals surface area contributed by atoms with Crippen molar-refractivity contribution in [2.24, 2.45) is 0 Å². The molecule has 1 aromatic rings. The van der Waals surface area contributed by atoms with Crippen molar-refractivity contribution in [3.63, 3.8) is 0 Å². The predicted octanol–water partition coefficient (Wildman–Crippen LogP) is 4.76. The van der Waals surface area contributed by atoms with Crippen LogP contribution < -0.4 is 5.32 Å². The lowest BCUT2D eigenvalue weighted by molar-refractivity contribution is 0.00598. The van der Waals surface area contributed by atoms with E-state index in [1.165, 1.54) is 0 Å². The van der Waals surface area contributed by atoms with E-state index in [1.54, 1.807) is 12.1 Å². The summed E-state index contributed by atoms with van der Waals surface area (Å²) < 4.78 is 30.2. The third kappa shape index (κ3) is 4.94. The lowest BCUT2D eigenvalue weighted by Crippen LogP contribution is -2.33. The number of hydrogen-bond donors (Lipinski definition) is 1. The topological polar surface area (TPSA) is 21.3 Å². The van der Waals surface area contributed by atoms with E-state index in [2.05, 4.69) is 12.2 Å². The van der Waals surface area contributed by atoms with Gasteiger partial charge in [0.05, 0.1) is 6.10 Å². The summed E-state index contributed by atoms with van der Waals surface area (Å²) in [6, 6.07) is 7.63. The van der Waals surface area contributed by atoms with Crippen LogP contribution in [0.5, 0.6) is 0 Å². The molecule has 0 saturated carbocycles. The van der Waals surface area contributed by atoms with Crippen molar-refractivity contribution in [3.8, 4) is 0 Å². The van der Waals surface area contributed by atoms with Gasteiger partial charge in [0.15, 0.2) is 0 Å². The Morgan fingerprint density at radius 3 is 2.75 bits per heavy atom. The summed E-state index contributed by atoms with van der Waals surface area (Å²) in [5.74, 6) is -2.36. The van der Waals surface area contributed by atoms with Crippen LogP contribution in [-0.4, -0.2) is 24.5 Å².